The lowest BCUT2D eigenvalue weighted by molar-refractivity contribution is -0.124. The van der Waals surface area contributed by atoms with Crippen LogP contribution in [-0.4, -0.2) is 35.0 Å². The molecule has 2 aromatic carbocycles. The molecule has 1 aliphatic rings. The predicted molar refractivity (Wildman–Crippen MR) is 126 cm³/mol. The number of amides is 2. The fraction of sp³-hybridized carbons (Fsp3) is 0.174. The summed E-state index contributed by atoms with van der Waals surface area (Å²) >= 11 is 7.26. The van der Waals surface area contributed by atoms with Crippen molar-refractivity contribution in [3.05, 3.63) is 77.0 Å². The molecular formula is C23H21N3O3S2. The number of ether oxygens (including phenoxy) is 1. The number of nitrogens with one attached hydrogen (secondary N) is 1. The Labute approximate surface area is 190 Å². The smallest absolute Gasteiger partial charge is 0.256 e. The number of hydrogen-bond acceptors (Lipinski definition) is 5. The number of methoxy groups -OCH3 is 1. The highest BCUT2D eigenvalue weighted by molar-refractivity contribution is 7.80. The third-order valence-electron chi connectivity index (χ3n) is 4.99. The second-order valence-corrected chi connectivity index (χ2v) is 8.39. The van der Waals surface area contributed by atoms with Gasteiger partial charge in [0.2, 0.25) is 5.91 Å². The van der Waals surface area contributed by atoms with Crippen molar-refractivity contribution in [1.82, 2.24) is 4.90 Å². The van der Waals surface area contributed by atoms with Crippen molar-refractivity contribution in [2.45, 2.75) is 19.0 Å². The monoisotopic (exact) mass is 451 g/mol. The Hall–Kier alpha value is -3.23. The topological polar surface area (TPSA) is 61.9 Å². The number of thiophene rings is 1. The van der Waals surface area contributed by atoms with Gasteiger partial charge in [0, 0.05) is 10.6 Å². The number of nitrogens with zero attached hydrogens (tertiary/aromatic N) is 2. The minimum Gasteiger partial charge on any atom is -0.497 e. The van der Waals surface area contributed by atoms with Crippen LogP contribution in [0.1, 0.15) is 11.3 Å². The first-order valence-electron chi connectivity index (χ1n) is 9.72. The van der Waals surface area contributed by atoms with Gasteiger partial charge in [0.15, 0.2) is 5.11 Å². The van der Waals surface area contributed by atoms with E-state index >= 15 is 0 Å². The van der Waals surface area contributed by atoms with Crippen LogP contribution >= 0.6 is 23.6 Å². The lowest BCUT2D eigenvalue weighted by atomic mass is 10.1. The number of hydrogen-bond donors (Lipinski definition) is 1. The standard InChI is InChI=1S/C23H21N3O3S2/c1-29-18-11-9-16(10-12-18)24-21(27)14-20-22(28)26(17-6-3-2-4-7-17)23(30)25(20)15-19-8-5-13-31-19/h2-13,20H,14-15H2,1H3,(H,24,27)/t20-/m0/s1. The van der Waals surface area contributed by atoms with Crippen LogP contribution < -0.4 is 15.0 Å². The normalized spacial score (nSPS) is 16.0. The number of thiocarbonyl (C=S) groups is 1. The van der Waals surface area contributed by atoms with Crippen molar-refractivity contribution < 1.29 is 14.3 Å². The van der Waals surface area contributed by atoms with Crippen LogP contribution in [0.2, 0.25) is 0 Å². The molecule has 2 amide bonds. The lowest BCUT2D eigenvalue weighted by Gasteiger charge is -2.23. The van der Waals surface area contributed by atoms with Crippen molar-refractivity contribution in [2.24, 2.45) is 0 Å². The molecular weight excluding hydrogens is 430 g/mol. The maximum atomic E-state index is 13.3. The van der Waals surface area contributed by atoms with E-state index in [0.717, 1.165) is 4.88 Å². The van der Waals surface area contributed by atoms with E-state index in [1.165, 1.54) is 4.90 Å². The summed E-state index contributed by atoms with van der Waals surface area (Å²) in [5, 5.41) is 5.25. The van der Waals surface area contributed by atoms with Crippen molar-refractivity contribution >= 4 is 51.9 Å². The molecule has 1 atom stereocenters. The molecule has 3 aromatic rings. The first-order chi connectivity index (χ1) is 15.1. The number of carbonyl (C=O) groups excluding carboxylic acids is 2. The molecule has 0 spiro atoms. The summed E-state index contributed by atoms with van der Waals surface area (Å²) in [5.41, 5.74) is 1.34. The summed E-state index contributed by atoms with van der Waals surface area (Å²) in [5.74, 6) is 0.255. The van der Waals surface area contributed by atoms with Crippen LogP contribution in [-0.2, 0) is 16.1 Å². The molecule has 8 heteroatoms. The number of para-hydroxylation sites is 1. The Morgan fingerprint density at radius 2 is 1.84 bits per heavy atom. The van der Waals surface area contributed by atoms with Crippen LogP contribution in [0.4, 0.5) is 11.4 Å². The first-order valence-corrected chi connectivity index (χ1v) is 11.0. The van der Waals surface area contributed by atoms with Crippen molar-refractivity contribution in [1.29, 1.82) is 0 Å². The van der Waals surface area contributed by atoms with Gasteiger partial charge in [0.25, 0.3) is 5.91 Å². The van der Waals surface area contributed by atoms with E-state index < -0.39 is 6.04 Å². The van der Waals surface area contributed by atoms with Gasteiger partial charge in [-0.05, 0) is 60.1 Å². The minimum atomic E-state index is -0.673. The molecule has 0 bridgehead atoms. The second-order valence-electron chi connectivity index (χ2n) is 7.00. The highest BCUT2D eigenvalue weighted by Gasteiger charge is 2.44. The molecule has 158 valence electrons. The van der Waals surface area contributed by atoms with Gasteiger partial charge in [0.1, 0.15) is 11.8 Å². The molecule has 1 aliphatic heterocycles. The second kappa shape index (κ2) is 9.28. The molecule has 1 saturated heterocycles. The predicted octanol–water partition coefficient (Wildman–Crippen LogP) is 4.29. The van der Waals surface area contributed by atoms with Gasteiger partial charge in [0.05, 0.1) is 25.8 Å². The zero-order valence-electron chi connectivity index (χ0n) is 16.9. The average Bonchev–Trinajstić information content (AvgIpc) is 3.37. The largest absolute Gasteiger partial charge is 0.497 e. The molecule has 2 heterocycles. The van der Waals surface area contributed by atoms with Crippen LogP contribution in [0.25, 0.3) is 0 Å². The van der Waals surface area contributed by atoms with Crippen LogP contribution in [0.5, 0.6) is 5.75 Å². The zero-order valence-corrected chi connectivity index (χ0v) is 18.5. The molecule has 31 heavy (non-hydrogen) atoms. The Morgan fingerprint density at radius 1 is 1.10 bits per heavy atom. The molecule has 0 unspecified atom stereocenters. The number of carbonyl (C=O) groups is 2. The van der Waals surface area contributed by atoms with Gasteiger partial charge in [-0.2, -0.15) is 0 Å². The molecule has 1 N–H and O–H groups in total. The van der Waals surface area contributed by atoms with Crippen LogP contribution in [0.3, 0.4) is 0 Å². The molecule has 1 aromatic heterocycles. The summed E-state index contributed by atoms with van der Waals surface area (Å²) in [4.78, 5) is 30.6. The van der Waals surface area contributed by atoms with E-state index in [0.29, 0.717) is 28.8 Å². The molecule has 6 nitrogen and oxygen atoms in total. The van der Waals surface area contributed by atoms with E-state index in [4.69, 9.17) is 17.0 Å². The summed E-state index contributed by atoms with van der Waals surface area (Å²) in [6.07, 6.45) is -0.000286. The molecule has 0 aliphatic carbocycles. The fourth-order valence-corrected chi connectivity index (χ4v) is 4.55. The van der Waals surface area contributed by atoms with E-state index in [1.54, 1.807) is 42.7 Å². The van der Waals surface area contributed by atoms with Crippen molar-refractivity contribution in [3.63, 3.8) is 0 Å². The molecule has 0 saturated carbocycles. The minimum absolute atomic E-state index is 0.000286. The van der Waals surface area contributed by atoms with E-state index in [9.17, 15) is 9.59 Å². The highest BCUT2D eigenvalue weighted by Crippen LogP contribution is 2.29. The molecule has 4 rings (SSSR count). The summed E-state index contributed by atoms with van der Waals surface area (Å²) in [6, 6.07) is 19.6. The van der Waals surface area contributed by atoms with E-state index in [1.807, 2.05) is 52.7 Å². The third-order valence-corrected chi connectivity index (χ3v) is 6.27. The highest BCUT2D eigenvalue weighted by atomic mass is 32.1. The number of rotatable bonds is 7. The van der Waals surface area contributed by atoms with Gasteiger partial charge >= 0.3 is 0 Å². The molecule has 0 radical (unpaired) electrons. The zero-order chi connectivity index (χ0) is 21.8. The van der Waals surface area contributed by atoms with Crippen LogP contribution in [0, 0.1) is 0 Å². The average molecular weight is 452 g/mol. The Bertz CT molecular complexity index is 1070. The van der Waals surface area contributed by atoms with Gasteiger partial charge in [-0.25, -0.2) is 0 Å². The summed E-state index contributed by atoms with van der Waals surface area (Å²) in [7, 11) is 1.59. The lowest BCUT2D eigenvalue weighted by Crippen LogP contribution is -2.37. The van der Waals surface area contributed by atoms with Gasteiger partial charge in [-0.15, -0.1) is 11.3 Å². The van der Waals surface area contributed by atoms with E-state index in [2.05, 4.69) is 5.32 Å². The Balaban J connectivity index is 1.55. The van der Waals surface area contributed by atoms with Gasteiger partial charge in [-0.1, -0.05) is 24.3 Å². The SMILES string of the molecule is COc1ccc(NC(=O)C[C@H]2C(=O)N(c3ccccc3)C(=S)N2Cc2cccs2)cc1. The maximum Gasteiger partial charge on any atom is 0.256 e. The number of benzene rings is 2. The van der Waals surface area contributed by atoms with Crippen LogP contribution in [0.15, 0.2) is 72.1 Å². The summed E-state index contributed by atoms with van der Waals surface area (Å²) in [6.45, 7) is 0.478. The summed E-state index contributed by atoms with van der Waals surface area (Å²) < 4.78 is 5.14. The quantitative estimate of drug-likeness (QED) is 0.543. The third kappa shape index (κ3) is 4.60. The van der Waals surface area contributed by atoms with Crippen molar-refractivity contribution in [2.75, 3.05) is 17.3 Å². The number of anilines is 2. The molecule has 1 fully saturated rings. The van der Waals surface area contributed by atoms with Gasteiger partial charge < -0.3 is 15.0 Å². The van der Waals surface area contributed by atoms with Gasteiger partial charge in [-0.3, -0.25) is 14.5 Å². The Morgan fingerprint density at radius 3 is 2.48 bits per heavy atom. The maximum absolute atomic E-state index is 13.3. The fourth-order valence-electron chi connectivity index (χ4n) is 3.46. The van der Waals surface area contributed by atoms with Crippen molar-refractivity contribution in [3.8, 4) is 5.75 Å². The Kier molecular flexibility index (Phi) is 6.29. The first kappa shape index (κ1) is 21.0. The van der Waals surface area contributed by atoms with E-state index in [-0.39, 0.29) is 18.2 Å².